The van der Waals surface area contributed by atoms with Crippen molar-refractivity contribution in [3.63, 3.8) is 0 Å². The molecular weight excluding hydrogens is 309 g/mol. The summed E-state index contributed by atoms with van der Waals surface area (Å²) in [5, 5.41) is 3.31. The van der Waals surface area contributed by atoms with Gasteiger partial charge in [0.25, 0.3) is 0 Å². The monoisotopic (exact) mass is 323 g/mol. The molecule has 3 nitrogen and oxygen atoms in total. The van der Waals surface area contributed by atoms with Crippen LogP contribution < -0.4 is 5.32 Å². The summed E-state index contributed by atoms with van der Waals surface area (Å²) in [4.78, 5) is 8.42. The standard InChI is InChI=1S/C9H14IN3S/c1-3-8(6-14-2)13-9-11-4-7(10)5-12-9/h4-5,8H,3,6H2,1-2H3,(H,11,12,13). The highest BCUT2D eigenvalue weighted by molar-refractivity contribution is 14.1. The summed E-state index contributed by atoms with van der Waals surface area (Å²) in [5.74, 6) is 1.82. The number of anilines is 1. The van der Waals surface area contributed by atoms with Crippen molar-refractivity contribution >= 4 is 40.3 Å². The Morgan fingerprint density at radius 1 is 1.50 bits per heavy atom. The molecule has 1 aromatic heterocycles. The molecule has 0 saturated heterocycles. The van der Waals surface area contributed by atoms with Crippen LogP contribution in [0.1, 0.15) is 13.3 Å². The van der Waals surface area contributed by atoms with Crippen LogP contribution in [0.2, 0.25) is 0 Å². The topological polar surface area (TPSA) is 37.8 Å². The molecule has 0 amide bonds. The SMILES string of the molecule is CCC(CSC)Nc1ncc(I)cn1. The zero-order chi connectivity index (χ0) is 10.4. The average Bonchev–Trinajstić information content (AvgIpc) is 2.20. The molecule has 0 bridgehead atoms. The van der Waals surface area contributed by atoms with Gasteiger partial charge in [-0.05, 0) is 35.3 Å². The highest BCUT2D eigenvalue weighted by Gasteiger charge is 2.06. The van der Waals surface area contributed by atoms with Crippen molar-refractivity contribution in [1.82, 2.24) is 9.97 Å². The predicted octanol–water partition coefficient (Wildman–Crippen LogP) is 2.63. The van der Waals surface area contributed by atoms with E-state index in [4.69, 9.17) is 0 Å². The molecule has 1 atom stereocenters. The number of hydrogen-bond donors (Lipinski definition) is 1. The first-order chi connectivity index (χ1) is 6.76. The van der Waals surface area contributed by atoms with Crippen LogP contribution in [-0.2, 0) is 0 Å². The van der Waals surface area contributed by atoms with Crippen LogP contribution >= 0.6 is 34.4 Å². The van der Waals surface area contributed by atoms with Gasteiger partial charge >= 0.3 is 0 Å². The second-order valence-electron chi connectivity index (χ2n) is 2.93. The Kier molecular flexibility index (Phi) is 5.54. The van der Waals surface area contributed by atoms with Crippen LogP contribution in [-0.4, -0.2) is 28.0 Å². The van der Waals surface area contributed by atoms with E-state index in [0.29, 0.717) is 6.04 Å². The van der Waals surface area contributed by atoms with Gasteiger partial charge in [-0.1, -0.05) is 6.92 Å². The molecule has 0 spiro atoms. The smallest absolute Gasteiger partial charge is 0.222 e. The maximum absolute atomic E-state index is 4.21. The summed E-state index contributed by atoms with van der Waals surface area (Å²) in [7, 11) is 0. The number of halogens is 1. The first-order valence-corrected chi connectivity index (χ1v) is 6.96. The quantitative estimate of drug-likeness (QED) is 0.846. The van der Waals surface area contributed by atoms with Gasteiger partial charge in [0.15, 0.2) is 0 Å². The number of rotatable bonds is 5. The van der Waals surface area contributed by atoms with Crippen molar-refractivity contribution in [3.05, 3.63) is 16.0 Å². The van der Waals surface area contributed by atoms with Gasteiger partial charge in [0, 0.05) is 27.8 Å². The van der Waals surface area contributed by atoms with E-state index in [-0.39, 0.29) is 0 Å². The van der Waals surface area contributed by atoms with E-state index < -0.39 is 0 Å². The molecule has 0 radical (unpaired) electrons. The maximum Gasteiger partial charge on any atom is 0.222 e. The van der Waals surface area contributed by atoms with E-state index in [0.717, 1.165) is 21.7 Å². The zero-order valence-electron chi connectivity index (χ0n) is 8.33. The molecule has 14 heavy (non-hydrogen) atoms. The van der Waals surface area contributed by atoms with Gasteiger partial charge in [0.05, 0.1) is 0 Å². The molecule has 0 aliphatic carbocycles. The minimum atomic E-state index is 0.463. The molecule has 78 valence electrons. The Bertz CT molecular complexity index is 265. The molecule has 0 aliphatic rings. The normalized spacial score (nSPS) is 12.5. The summed E-state index contributed by atoms with van der Waals surface area (Å²) < 4.78 is 1.06. The van der Waals surface area contributed by atoms with Gasteiger partial charge in [0.2, 0.25) is 5.95 Å². The molecule has 0 aliphatic heterocycles. The average molecular weight is 323 g/mol. The fraction of sp³-hybridized carbons (Fsp3) is 0.556. The number of thioether (sulfide) groups is 1. The van der Waals surface area contributed by atoms with Gasteiger partial charge in [-0.2, -0.15) is 11.8 Å². The van der Waals surface area contributed by atoms with Crippen LogP contribution in [0.25, 0.3) is 0 Å². The highest BCUT2D eigenvalue weighted by Crippen LogP contribution is 2.08. The lowest BCUT2D eigenvalue weighted by atomic mass is 10.3. The largest absolute Gasteiger partial charge is 0.351 e. The second-order valence-corrected chi connectivity index (χ2v) is 5.09. The van der Waals surface area contributed by atoms with Gasteiger partial charge < -0.3 is 5.32 Å². The molecule has 0 fully saturated rings. The third kappa shape index (κ3) is 4.00. The molecule has 1 aromatic rings. The molecule has 1 unspecified atom stereocenters. The highest BCUT2D eigenvalue weighted by atomic mass is 127. The van der Waals surface area contributed by atoms with Gasteiger partial charge in [-0.3, -0.25) is 0 Å². The molecule has 1 N–H and O–H groups in total. The van der Waals surface area contributed by atoms with Crippen molar-refractivity contribution in [3.8, 4) is 0 Å². The lowest BCUT2D eigenvalue weighted by Crippen LogP contribution is -2.22. The van der Waals surface area contributed by atoms with Gasteiger partial charge in [-0.25, -0.2) is 9.97 Å². The third-order valence-electron chi connectivity index (χ3n) is 1.81. The van der Waals surface area contributed by atoms with Crippen LogP contribution in [0.15, 0.2) is 12.4 Å². The fourth-order valence-corrected chi connectivity index (χ4v) is 2.03. The summed E-state index contributed by atoms with van der Waals surface area (Å²) in [5.41, 5.74) is 0. The zero-order valence-corrected chi connectivity index (χ0v) is 11.3. The van der Waals surface area contributed by atoms with E-state index in [1.54, 1.807) is 0 Å². The van der Waals surface area contributed by atoms with Crippen molar-refractivity contribution < 1.29 is 0 Å². The van der Waals surface area contributed by atoms with E-state index in [9.17, 15) is 0 Å². The van der Waals surface area contributed by atoms with E-state index in [1.807, 2.05) is 24.2 Å². The summed E-state index contributed by atoms with van der Waals surface area (Å²) in [6, 6.07) is 0.463. The molecule has 0 aromatic carbocycles. The first-order valence-electron chi connectivity index (χ1n) is 4.49. The molecule has 5 heteroatoms. The summed E-state index contributed by atoms with van der Waals surface area (Å²) in [6.07, 6.45) is 6.85. The number of aromatic nitrogens is 2. The number of hydrogen-bond acceptors (Lipinski definition) is 4. The van der Waals surface area contributed by atoms with Gasteiger partial charge in [0.1, 0.15) is 0 Å². The molecule has 1 heterocycles. The van der Waals surface area contributed by atoms with E-state index in [1.165, 1.54) is 0 Å². The fourth-order valence-electron chi connectivity index (χ4n) is 1.03. The Balaban J connectivity index is 2.53. The van der Waals surface area contributed by atoms with Crippen LogP contribution in [0.5, 0.6) is 0 Å². The Morgan fingerprint density at radius 3 is 2.64 bits per heavy atom. The molecular formula is C9H14IN3S. The lowest BCUT2D eigenvalue weighted by Gasteiger charge is -2.14. The predicted molar refractivity (Wildman–Crippen MR) is 70.8 cm³/mol. The van der Waals surface area contributed by atoms with E-state index in [2.05, 4.69) is 51.1 Å². The number of nitrogens with one attached hydrogen (secondary N) is 1. The third-order valence-corrected chi connectivity index (χ3v) is 3.11. The van der Waals surface area contributed by atoms with Crippen LogP contribution in [0.3, 0.4) is 0 Å². The minimum Gasteiger partial charge on any atom is -0.351 e. The van der Waals surface area contributed by atoms with Crippen LogP contribution in [0.4, 0.5) is 5.95 Å². The minimum absolute atomic E-state index is 0.463. The van der Waals surface area contributed by atoms with Crippen molar-refractivity contribution in [2.45, 2.75) is 19.4 Å². The van der Waals surface area contributed by atoms with Crippen molar-refractivity contribution in [2.24, 2.45) is 0 Å². The molecule has 0 saturated carbocycles. The Hall–Kier alpha value is -0.0400. The second kappa shape index (κ2) is 6.44. The Labute approximate surface area is 103 Å². The summed E-state index contributed by atoms with van der Waals surface area (Å²) >= 11 is 4.04. The number of nitrogens with zero attached hydrogens (tertiary/aromatic N) is 2. The maximum atomic E-state index is 4.21. The van der Waals surface area contributed by atoms with Gasteiger partial charge in [-0.15, -0.1) is 0 Å². The van der Waals surface area contributed by atoms with Crippen LogP contribution in [0, 0.1) is 3.57 Å². The van der Waals surface area contributed by atoms with E-state index >= 15 is 0 Å². The first kappa shape index (κ1) is 12.0. The molecule has 1 rings (SSSR count). The van der Waals surface area contributed by atoms with Crippen molar-refractivity contribution in [1.29, 1.82) is 0 Å². The summed E-state index contributed by atoms with van der Waals surface area (Å²) in [6.45, 7) is 2.17. The lowest BCUT2D eigenvalue weighted by molar-refractivity contribution is 0.763. The Morgan fingerprint density at radius 2 is 2.14 bits per heavy atom. The van der Waals surface area contributed by atoms with Crippen molar-refractivity contribution in [2.75, 3.05) is 17.3 Å².